The number of nitrogens with zero attached hydrogens (tertiary/aromatic N) is 1. The third-order valence-electron chi connectivity index (χ3n) is 2.17. The Labute approximate surface area is 72.9 Å². The zero-order valence-electron chi connectivity index (χ0n) is 7.29. The molecular formula is C8H17N3O. The Bertz CT molecular complexity index is 160. The molecule has 4 N–H and O–H groups in total. The zero-order valence-corrected chi connectivity index (χ0v) is 7.29. The Morgan fingerprint density at radius 1 is 1.67 bits per heavy atom. The molecule has 1 fully saturated rings. The standard InChI is InChI=1S/C8H17N3O/c9-8(10)2-1-4-11-5-3-7(12)6-11/h7,12H,1-6H2,(H3,9,10). The number of nitrogens with one attached hydrogen (secondary N) is 1. The Morgan fingerprint density at radius 3 is 2.92 bits per heavy atom. The molecule has 0 radical (unpaired) electrons. The number of amidine groups is 1. The molecule has 0 amide bonds. The molecule has 0 saturated carbocycles. The van der Waals surface area contributed by atoms with Gasteiger partial charge in [0.05, 0.1) is 11.9 Å². The molecule has 70 valence electrons. The summed E-state index contributed by atoms with van der Waals surface area (Å²) >= 11 is 0. The van der Waals surface area contributed by atoms with Crippen molar-refractivity contribution >= 4 is 5.84 Å². The van der Waals surface area contributed by atoms with Gasteiger partial charge in [0.25, 0.3) is 0 Å². The van der Waals surface area contributed by atoms with Gasteiger partial charge in [-0.25, -0.2) is 0 Å². The molecular weight excluding hydrogens is 154 g/mol. The number of hydrogen-bond donors (Lipinski definition) is 3. The number of rotatable bonds is 4. The lowest BCUT2D eigenvalue weighted by Gasteiger charge is -2.13. The van der Waals surface area contributed by atoms with Crippen LogP contribution in [0.15, 0.2) is 0 Å². The second-order valence-corrected chi connectivity index (χ2v) is 3.37. The molecule has 1 aliphatic rings. The smallest absolute Gasteiger partial charge is 0.0905 e. The second kappa shape index (κ2) is 4.42. The lowest BCUT2D eigenvalue weighted by Crippen LogP contribution is -2.24. The van der Waals surface area contributed by atoms with Gasteiger partial charge < -0.3 is 15.7 Å². The summed E-state index contributed by atoms with van der Waals surface area (Å²) in [5.74, 6) is 0.259. The van der Waals surface area contributed by atoms with Crippen molar-refractivity contribution in [1.82, 2.24) is 4.90 Å². The fraction of sp³-hybridized carbons (Fsp3) is 0.875. The average molecular weight is 171 g/mol. The Balaban J connectivity index is 2.04. The molecule has 1 saturated heterocycles. The molecule has 0 spiro atoms. The molecule has 1 aliphatic heterocycles. The van der Waals surface area contributed by atoms with Gasteiger partial charge in [0.15, 0.2) is 0 Å². The molecule has 0 aromatic rings. The van der Waals surface area contributed by atoms with Crippen LogP contribution >= 0.6 is 0 Å². The first-order valence-corrected chi connectivity index (χ1v) is 4.42. The highest BCUT2D eigenvalue weighted by atomic mass is 16.3. The van der Waals surface area contributed by atoms with Crippen molar-refractivity contribution in [3.8, 4) is 0 Å². The van der Waals surface area contributed by atoms with Gasteiger partial charge in [-0.05, 0) is 19.4 Å². The number of nitrogens with two attached hydrogens (primary N) is 1. The van der Waals surface area contributed by atoms with Gasteiger partial charge in [-0.2, -0.15) is 0 Å². The van der Waals surface area contributed by atoms with Crippen LogP contribution < -0.4 is 5.73 Å². The van der Waals surface area contributed by atoms with E-state index in [2.05, 4.69) is 4.90 Å². The summed E-state index contributed by atoms with van der Waals surface area (Å²) in [4.78, 5) is 2.22. The molecule has 4 heteroatoms. The van der Waals surface area contributed by atoms with Crippen LogP contribution in [0.3, 0.4) is 0 Å². The summed E-state index contributed by atoms with van der Waals surface area (Å²) in [6.45, 7) is 2.73. The molecule has 1 rings (SSSR count). The Kier molecular flexibility index (Phi) is 3.49. The summed E-state index contributed by atoms with van der Waals surface area (Å²) < 4.78 is 0. The maximum absolute atomic E-state index is 9.20. The Morgan fingerprint density at radius 2 is 2.42 bits per heavy atom. The monoisotopic (exact) mass is 171 g/mol. The van der Waals surface area contributed by atoms with Crippen molar-refractivity contribution < 1.29 is 5.11 Å². The fourth-order valence-electron chi connectivity index (χ4n) is 1.51. The van der Waals surface area contributed by atoms with Crippen molar-refractivity contribution in [2.24, 2.45) is 5.73 Å². The maximum Gasteiger partial charge on any atom is 0.0905 e. The number of aliphatic hydroxyl groups is 1. The molecule has 0 aromatic heterocycles. The highest BCUT2D eigenvalue weighted by Crippen LogP contribution is 2.09. The van der Waals surface area contributed by atoms with E-state index in [0.717, 1.165) is 32.5 Å². The predicted molar refractivity (Wildman–Crippen MR) is 48.2 cm³/mol. The lowest BCUT2D eigenvalue weighted by molar-refractivity contribution is 0.176. The molecule has 1 heterocycles. The van der Waals surface area contributed by atoms with Crippen LogP contribution in [0.5, 0.6) is 0 Å². The Hall–Kier alpha value is -0.610. The molecule has 12 heavy (non-hydrogen) atoms. The minimum atomic E-state index is -0.137. The zero-order chi connectivity index (χ0) is 8.97. The van der Waals surface area contributed by atoms with Gasteiger partial charge in [0.1, 0.15) is 0 Å². The van der Waals surface area contributed by atoms with E-state index in [1.54, 1.807) is 0 Å². The van der Waals surface area contributed by atoms with Crippen LogP contribution in [0.2, 0.25) is 0 Å². The second-order valence-electron chi connectivity index (χ2n) is 3.37. The van der Waals surface area contributed by atoms with Crippen LogP contribution in [-0.4, -0.2) is 41.6 Å². The number of aliphatic hydroxyl groups excluding tert-OH is 1. The number of hydrogen-bond acceptors (Lipinski definition) is 3. The summed E-state index contributed by atoms with van der Waals surface area (Å²) in [5.41, 5.74) is 5.22. The first kappa shape index (κ1) is 9.48. The average Bonchev–Trinajstić information content (AvgIpc) is 2.35. The SMILES string of the molecule is N=C(N)CCCN1CCC(O)C1. The van der Waals surface area contributed by atoms with E-state index in [4.69, 9.17) is 11.1 Å². The lowest BCUT2D eigenvalue weighted by atomic mass is 10.3. The van der Waals surface area contributed by atoms with Gasteiger partial charge in [-0.3, -0.25) is 5.41 Å². The van der Waals surface area contributed by atoms with E-state index in [1.807, 2.05) is 0 Å². The first-order chi connectivity index (χ1) is 5.68. The van der Waals surface area contributed by atoms with E-state index in [9.17, 15) is 5.11 Å². The summed E-state index contributed by atoms with van der Waals surface area (Å²) in [6, 6.07) is 0. The molecule has 0 aromatic carbocycles. The highest BCUT2D eigenvalue weighted by Gasteiger charge is 2.18. The minimum Gasteiger partial charge on any atom is -0.392 e. The first-order valence-electron chi connectivity index (χ1n) is 4.42. The van der Waals surface area contributed by atoms with E-state index in [1.165, 1.54) is 0 Å². The largest absolute Gasteiger partial charge is 0.392 e. The molecule has 1 atom stereocenters. The number of β-amino-alcohol motifs (C(OH)–C–C–N with tert-alkyl or cyclic N) is 1. The van der Waals surface area contributed by atoms with Crippen molar-refractivity contribution in [2.45, 2.75) is 25.4 Å². The van der Waals surface area contributed by atoms with E-state index in [-0.39, 0.29) is 11.9 Å². The van der Waals surface area contributed by atoms with E-state index >= 15 is 0 Å². The van der Waals surface area contributed by atoms with Crippen molar-refractivity contribution in [3.05, 3.63) is 0 Å². The van der Waals surface area contributed by atoms with Gasteiger partial charge in [-0.1, -0.05) is 0 Å². The summed E-state index contributed by atoms with van der Waals surface area (Å²) in [6.07, 6.45) is 2.36. The van der Waals surface area contributed by atoms with Crippen LogP contribution in [-0.2, 0) is 0 Å². The van der Waals surface area contributed by atoms with E-state index in [0.29, 0.717) is 6.42 Å². The number of likely N-dealkylation sites (tertiary alicyclic amines) is 1. The van der Waals surface area contributed by atoms with Gasteiger partial charge in [0.2, 0.25) is 0 Å². The van der Waals surface area contributed by atoms with E-state index < -0.39 is 0 Å². The predicted octanol–water partition coefficient (Wildman–Crippen LogP) is -0.231. The van der Waals surface area contributed by atoms with Crippen LogP contribution in [0, 0.1) is 5.41 Å². The molecule has 1 unspecified atom stereocenters. The van der Waals surface area contributed by atoms with Gasteiger partial charge in [0, 0.05) is 19.5 Å². The molecule has 0 aliphatic carbocycles. The van der Waals surface area contributed by atoms with Crippen LogP contribution in [0.1, 0.15) is 19.3 Å². The molecule has 0 bridgehead atoms. The summed E-state index contributed by atoms with van der Waals surface area (Å²) in [7, 11) is 0. The van der Waals surface area contributed by atoms with Gasteiger partial charge in [-0.15, -0.1) is 0 Å². The third kappa shape index (κ3) is 3.19. The minimum absolute atomic E-state index is 0.137. The highest BCUT2D eigenvalue weighted by molar-refractivity contribution is 5.76. The van der Waals surface area contributed by atoms with Crippen molar-refractivity contribution in [3.63, 3.8) is 0 Å². The maximum atomic E-state index is 9.20. The van der Waals surface area contributed by atoms with Crippen LogP contribution in [0.25, 0.3) is 0 Å². The third-order valence-corrected chi connectivity index (χ3v) is 2.17. The van der Waals surface area contributed by atoms with Crippen molar-refractivity contribution in [1.29, 1.82) is 5.41 Å². The molecule has 4 nitrogen and oxygen atoms in total. The van der Waals surface area contributed by atoms with Gasteiger partial charge >= 0.3 is 0 Å². The fourth-order valence-corrected chi connectivity index (χ4v) is 1.51. The normalized spacial score (nSPS) is 24.6. The van der Waals surface area contributed by atoms with Crippen LogP contribution in [0.4, 0.5) is 0 Å². The summed E-state index contributed by atoms with van der Waals surface area (Å²) in [5, 5.41) is 16.2. The topological polar surface area (TPSA) is 73.3 Å². The quantitative estimate of drug-likeness (QED) is 0.404. The van der Waals surface area contributed by atoms with Crippen molar-refractivity contribution in [2.75, 3.05) is 19.6 Å².